The zero-order valence-corrected chi connectivity index (χ0v) is 14.3. The molecule has 24 heavy (non-hydrogen) atoms. The van der Waals surface area contributed by atoms with Crippen molar-refractivity contribution in [1.29, 1.82) is 0 Å². The van der Waals surface area contributed by atoms with Gasteiger partial charge in [-0.05, 0) is 30.9 Å². The van der Waals surface area contributed by atoms with E-state index in [4.69, 9.17) is 4.74 Å². The number of ether oxygens (including phenoxy) is 1. The van der Waals surface area contributed by atoms with Crippen molar-refractivity contribution in [2.75, 3.05) is 0 Å². The standard InChI is InChI=1S/C19H27NO4/c1-3-15(4-2)24-17-11-14(19(22)23)10-16(18(17)21)20-12-13-8-6-5-7-9-13/h5-9,11,15-18,20-21H,3-4,10,12H2,1-2H3,(H,22,23)/t16-,17-,18+/m1/s1. The molecule has 3 atom stereocenters. The minimum atomic E-state index is -0.952. The largest absolute Gasteiger partial charge is 0.478 e. The van der Waals surface area contributed by atoms with Gasteiger partial charge in [0.15, 0.2) is 0 Å². The Labute approximate surface area is 143 Å². The molecular weight excluding hydrogens is 306 g/mol. The van der Waals surface area contributed by atoms with Crippen LogP contribution in [0.5, 0.6) is 0 Å². The molecule has 1 aliphatic carbocycles. The zero-order chi connectivity index (χ0) is 17.5. The van der Waals surface area contributed by atoms with E-state index in [1.807, 2.05) is 44.2 Å². The van der Waals surface area contributed by atoms with Gasteiger partial charge in [0.05, 0.1) is 12.2 Å². The van der Waals surface area contributed by atoms with Crippen molar-refractivity contribution in [2.45, 2.75) is 64.0 Å². The van der Waals surface area contributed by atoms with E-state index >= 15 is 0 Å². The van der Waals surface area contributed by atoms with Gasteiger partial charge in [0.2, 0.25) is 0 Å². The molecule has 0 amide bonds. The van der Waals surface area contributed by atoms with Crippen LogP contribution in [0.15, 0.2) is 42.0 Å². The van der Waals surface area contributed by atoms with Gasteiger partial charge in [0.1, 0.15) is 6.10 Å². The first-order valence-corrected chi connectivity index (χ1v) is 8.59. The Morgan fingerprint density at radius 1 is 1.29 bits per heavy atom. The molecule has 1 aliphatic rings. The van der Waals surface area contributed by atoms with E-state index in [1.54, 1.807) is 6.08 Å². The molecule has 132 valence electrons. The summed E-state index contributed by atoms with van der Waals surface area (Å²) in [5.74, 6) is -0.952. The minimum Gasteiger partial charge on any atom is -0.478 e. The molecule has 0 heterocycles. The molecule has 0 bridgehead atoms. The number of hydrogen-bond donors (Lipinski definition) is 3. The SMILES string of the molecule is CCC(CC)O[C@@H]1C=C(C(=O)O)C[C@@H](NCc2ccccc2)[C@@H]1O. The van der Waals surface area contributed by atoms with Crippen LogP contribution in [0, 0.1) is 0 Å². The van der Waals surface area contributed by atoms with Crippen molar-refractivity contribution >= 4 is 5.97 Å². The maximum Gasteiger partial charge on any atom is 0.331 e. The van der Waals surface area contributed by atoms with Crippen molar-refractivity contribution < 1.29 is 19.7 Å². The lowest BCUT2D eigenvalue weighted by atomic mass is 9.89. The Balaban J connectivity index is 2.08. The van der Waals surface area contributed by atoms with Gasteiger partial charge in [0, 0.05) is 18.2 Å². The number of nitrogens with one attached hydrogen (secondary N) is 1. The van der Waals surface area contributed by atoms with E-state index in [-0.39, 0.29) is 18.6 Å². The van der Waals surface area contributed by atoms with Crippen molar-refractivity contribution in [3.05, 3.63) is 47.5 Å². The number of aliphatic hydroxyl groups excluding tert-OH is 1. The zero-order valence-electron chi connectivity index (χ0n) is 14.3. The maximum atomic E-state index is 11.4. The molecule has 2 rings (SSSR count). The van der Waals surface area contributed by atoms with Crippen molar-refractivity contribution in [1.82, 2.24) is 5.32 Å². The highest BCUT2D eigenvalue weighted by Gasteiger charge is 2.35. The fourth-order valence-corrected chi connectivity index (χ4v) is 2.97. The van der Waals surface area contributed by atoms with Crippen LogP contribution in [-0.2, 0) is 16.1 Å². The fraction of sp³-hybridized carbons (Fsp3) is 0.526. The van der Waals surface area contributed by atoms with E-state index in [9.17, 15) is 15.0 Å². The maximum absolute atomic E-state index is 11.4. The van der Waals surface area contributed by atoms with Crippen LogP contribution in [0.2, 0.25) is 0 Å². The quantitative estimate of drug-likeness (QED) is 0.681. The average Bonchev–Trinajstić information content (AvgIpc) is 2.60. The smallest absolute Gasteiger partial charge is 0.331 e. The van der Waals surface area contributed by atoms with Crippen LogP contribution in [0.25, 0.3) is 0 Å². The number of rotatable bonds is 8. The lowest BCUT2D eigenvalue weighted by molar-refractivity contribution is -0.133. The second-order valence-corrected chi connectivity index (χ2v) is 6.20. The van der Waals surface area contributed by atoms with Crippen molar-refractivity contribution in [2.24, 2.45) is 0 Å². The van der Waals surface area contributed by atoms with E-state index in [0.29, 0.717) is 12.1 Å². The highest BCUT2D eigenvalue weighted by molar-refractivity contribution is 5.87. The summed E-state index contributed by atoms with van der Waals surface area (Å²) in [6.45, 7) is 4.62. The van der Waals surface area contributed by atoms with Gasteiger partial charge >= 0.3 is 5.97 Å². The Bertz CT molecular complexity index is 554. The van der Waals surface area contributed by atoms with Crippen molar-refractivity contribution in [3.8, 4) is 0 Å². The van der Waals surface area contributed by atoms with Crippen LogP contribution in [0.3, 0.4) is 0 Å². The normalized spacial score (nSPS) is 24.0. The molecule has 0 saturated heterocycles. The molecular formula is C19H27NO4. The van der Waals surface area contributed by atoms with Crippen molar-refractivity contribution in [3.63, 3.8) is 0 Å². The van der Waals surface area contributed by atoms with Crippen LogP contribution in [-0.4, -0.2) is 40.5 Å². The topological polar surface area (TPSA) is 78.8 Å². The summed E-state index contributed by atoms with van der Waals surface area (Å²) in [5.41, 5.74) is 1.38. The molecule has 1 aromatic carbocycles. The molecule has 0 fully saturated rings. The number of carboxylic acid groups (broad SMARTS) is 1. The average molecular weight is 333 g/mol. The molecule has 0 spiro atoms. The number of aliphatic carboxylic acids is 1. The van der Waals surface area contributed by atoms with Crippen LogP contribution in [0.4, 0.5) is 0 Å². The highest BCUT2D eigenvalue weighted by Crippen LogP contribution is 2.24. The summed E-state index contributed by atoms with van der Waals surface area (Å²) >= 11 is 0. The van der Waals surface area contributed by atoms with E-state index in [1.165, 1.54) is 0 Å². The summed E-state index contributed by atoms with van der Waals surface area (Å²) in [5, 5.41) is 23.3. The van der Waals surface area contributed by atoms with Crippen LogP contribution in [0.1, 0.15) is 38.7 Å². The molecule has 0 saturated carbocycles. The number of carboxylic acids is 1. The Kier molecular flexibility index (Phi) is 6.97. The summed E-state index contributed by atoms with van der Waals surface area (Å²) < 4.78 is 5.93. The van der Waals surface area contributed by atoms with Gasteiger partial charge < -0.3 is 20.3 Å². The number of aliphatic hydroxyl groups is 1. The Morgan fingerprint density at radius 3 is 2.54 bits per heavy atom. The first kappa shape index (κ1) is 18.6. The third kappa shape index (κ3) is 4.90. The van der Waals surface area contributed by atoms with E-state index < -0.39 is 18.2 Å². The van der Waals surface area contributed by atoms with Crippen LogP contribution < -0.4 is 5.32 Å². The molecule has 0 unspecified atom stereocenters. The van der Waals surface area contributed by atoms with Crippen LogP contribution >= 0.6 is 0 Å². The van der Waals surface area contributed by atoms with Gasteiger partial charge in [-0.3, -0.25) is 0 Å². The lowest BCUT2D eigenvalue weighted by Gasteiger charge is -2.35. The molecule has 3 N–H and O–H groups in total. The third-order valence-electron chi connectivity index (χ3n) is 4.50. The fourth-order valence-electron chi connectivity index (χ4n) is 2.97. The number of benzene rings is 1. The summed E-state index contributed by atoms with van der Waals surface area (Å²) in [4.78, 5) is 11.4. The molecule has 0 aliphatic heterocycles. The molecule has 5 nitrogen and oxygen atoms in total. The lowest BCUT2D eigenvalue weighted by Crippen LogP contribution is -2.50. The summed E-state index contributed by atoms with van der Waals surface area (Å²) in [6, 6.07) is 9.50. The van der Waals surface area contributed by atoms with Gasteiger partial charge in [-0.1, -0.05) is 44.2 Å². The predicted molar refractivity (Wildman–Crippen MR) is 92.7 cm³/mol. The second-order valence-electron chi connectivity index (χ2n) is 6.20. The van der Waals surface area contributed by atoms with Gasteiger partial charge in [-0.15, -0.1) is 0 Å². The third-order valence-corrected chi connectivity index (χ3v) is 4.50. The van der Waals surface area contributed by atoms with E-state index in [2.05, 4.69) is 5.32 Å². The minimum absolute atomic E-state index is 0.0174. The Hall–Kier alpha value is -1.69. The second kappa shape index (κ2) is 8.97. The van der Waals surface area contributed by atoms with Gasteiger partial charge in [-0.25, -0.2) is 4.79 Å². The Morgan fingerprint density at radius 2 is 1.96 bits per heavy atom. The number of hydrogen-bond acceptors (Lipinski definition) is 4. The molecule has 1 aromatic rings. The molecule has 0 aromatic heterocycles. The summed E-state index contributed by atoms with van der Waals surface area (Å²) in [7, 11) is 0. The molecule has 5 heteroatoms. The molecule has 0 radical (unpaired) electrons. The van der Waals surface area contributed by atoms with E-state index in [0.717, 1.165) is 18.4 Å². The summed E-state index contributed by atoms with van der Waals surface area (Å²) in [6.07, 6.45) is 2.16. The first-order chi connectivity index (χ1) is 11.5. The highest BCUT2D eigenvalue weighted by atomic mass is 16.5. The predicted octanol–water partition coefficient (Wildman–Crippen LogP) is 2.49. The number of carbonyl (C=O) groups is 1. The monoisotopic (exact) mass is 333 g/mol. The first-order valence-electron chi connectivity index (χ1n) is 8.59. The van der Waals surface area contributed by atoms with Gasteiger partial charge in [-0.2, -0.15) is 0 Å². The van der Waals surface area contributed by atoms with Gasteiger partial charge in [0.25, 0.3) is 0 Å².